The summed E-state index contributed by atoms with van der Waals surface area (Å²) in [5.41, 5.74) is 1.34. The van der Waals surface area contributed by atoms with Crippen molar-refractivity contribution >= 4 is 6.09 Å². The van der Waals surface area contributed by atoms with E-state index < -0.39 is 6.09 Å². The van der Waals surface area contributed by atoms with Gasteiger partial charge in [-0.05, 0) is 30.2 Å². The molecule has 1 amide bonds. The van der Waals surface area contributed by atoms with Crippen LogP contribution < -0.4 is 5.32 Å². The molecule has 4 heteroatoms. The predicted octanol–water partition coefficient (Wildman–Crippen LogP) is 2.16. The summed E-state index contributed by atoms with van der Waals surface area (Å²) in [5.74, 6) is 1.17. The first kappa shape index (κ1) is 12.5. The molecule has 2 fully saturated rings. The van der Waals surface area contributed by atoms with Crippen molar-refractivity contribution in [3.63, 3.8) is 0 Å². The number of nitrogens with zero attached hydrogens (tertiary/aromatic N) is 1. The second-order valence-electron chi connectivity index (χ2n) is 5.74. The Balaban J connectivity index is 1.60. The zero-order chi connectivity index (χ0) is 13.2. The normalized spacial score (nSPS) is 30.2. The Morgan fingerprint density at radius 3 is 2.79 bits per heavy atom. The first-order valence-electron chi connectivity index (χ1n) is 6.98. The third kappa shape index (κ3) is 2.73. The molecule has 3 atom stereocenters. The van der Waals surface area contributed by atoms with Gasteiger partial charge >= 0.3 is 6.09 Å². The lowest BCUT2D eigenvalue weighted by Crippen LogP contribution is -2.38. The summed E-state index contributed by atoms with van der Waals surface area (Å²) in [6, 6.07) is 10.6. The van der Waals surface area contributed by atoms with Crippen molar-refractivity contribution in [2.75, 3.05) is 13.1 Å². The summed E-state index contributed by atoms with van der Waals surface area (Å²) in [4.78, 5) is 13.3. The van der Waals surface area contributed by atoms with Crippen LogP contribution in [0.4, 0.5) is 4.79 Å². The zero-order valence-electron chi connectivity index (χ0n) is 11.0. The fourth-order valence-corrected chi connectivity index (χ4v) is 3.67. The van der Waals surface area contributed by atoms with Crippen LogP contribution in [0.5, 0.6) is 0 Å². The molecule has 1 aromatic rings. The van der Waals surface area contributed by atoms with Crippen molar-refractivity contribution in [1.82, 2.24) is 10.2 Å². The van der Waals surface area contributed by atoms with E-state index in [0.717, 1.165) is 32.5 Å². The third-order valence-corrected chi connectivity index (χ3v) is 4.49. The molecule has 19 heavy (non-hydrogen) atoms. The van der Waals surface area contributed by atoms with Gasteiger partial charge in [0.25, 0.3) is 0 Å². The smallest absolute Gasteiger partial charge is 0.404 e. The van der Waals surface area contributed by atoms with Gasteiger partial charge in [0.2, 0.25) is 0 Å². The Hall–Kier alpha value is -1.55. The van der Waals surface area contributed by atoms with E-state index in [-0.39, 0.29) is 6.04 Å². The van der Waals surface area contributed by atoms with E-state index in [2.05, 4.69) is 34.5 Å². The first-order chi connectivity index (χ1) is 9.22. The van der Waals surface area contributed by atoms with Crippen LogP contribution in [0.1, 0.15) is 18.4 Å². The number of likely N-dealkylation sites (tertiary alicyclic amines) is 1. The average Bonchev–Trinajstić information content (AvgIpc) is 2.92. The minimum Gasteiger partial charge on any atom is -0.465 e. The predicted molar refractivity (Wildman–Crippen MR) is 72.9 cm³/mol. The maximum absolute atomic E-state index is 10.8. The topological polar surface area (TPSA) is 52.6 Å². The molecule has 0 bridgehead atoms. The third-order valence-electron chi connectivity index (χ3n) is 4.49. The van der Waals surface area contributed by atoms with Gasteiger partial charge in [-0.1, -0.05) is 30.3 Å². The largest absolute Gasteiger partial charge is 0.465 e. The second-order valence-corrected chi connectivity index (χ2v) is 5.74. The Labute approximate surface area is 113 Å². The van der Waals surface area contributed by atoms with E-state index in [1.807, 2.05) is 6.07 Å². The van der Waals surface area contributed by atoms with Crippen molar-refractivity contribution in [2.45, 2.75) is 25.4 Å². The molecular formula is C15H20N2O2. The second kappa shape index (κ2) is 5.21. The quantitative estimate of drug-likeness (QED) is 0.875. The summed E-state index contributed by atoms with van der Waals surface area (Å²) in [6.45, 7) is 3.11. The van der Waals surface area contributed by atoms with Gasteiger partial charge in [-0.2, -0.15) is 0 Å². The highest BCUT2D eigenvalue weighted by Gasteiger charge is 2.42. The van der Waals surface area contributed by atoms with Crippen LogP contribution in [0.2, 0.25) is 0 Å². The Bertz CT molecular complexity index is 449. The van der Waals surface area contributed by atoms with Crippen LogP contribution in [0, 0.1) is 11.8 Å². The van der Waals surface area contributed by atoms with Gasteiger partial charge in [-0.3, -0.25) is 4.90 Å². The molecule has 1 saturated heterocycles. The molecule has 1 aliphatic carbocycles. The Morgan fingerprint density at radius 1 is 1.26 bits per heavy atom. The molecule has 1 aromatic carbocycles. The monoisotopic (exact) mass is 260 g/mol. The van der Waals surface area contributed by atoms with Crippen LogP contribution in [0.25, 0.3) is 0 Å². The lowest BCUT2D eigenvalue weighted by molar-refractivity contribution is 0.185. The number of benzene rings is 1. The average molecular weight is 260 g/mol. The van der Waals surface area contributed by atoms with E-state index >= 15 is 0 Å². The van der Waals surface area contributed by atoms with Crippen molar-refractivity contribution in [3.8, 4) is 0 Å². The Morgan fingerprint density at radius 2 is 2.05 bits per heavy atom. The molecule has 1 aliphatic heterocycles. The highest BCUT2D eigenvalue weighted by Crippen LogP contribution is 2.38. The maximum atomic E-state index is 10.8. The van der Waals surface area contributed by atoms with Crippen LogP contribution in [0.15, 0.2) is 30.3 Å². The maximum Gasteiger partial charge on any atom is 0.404 e. The number of carboxylic acid groups (broad SMARTS) is 1. The van der Waals surface area contributed by atoms with Gasteiger partial charge in [0.15, 0.2) is 0 Å². The minimum absolute atomic E-state index is 0.156. The van der Waals surface area contributed by atoms with Crippen LogP contribution >= 0.6 is 0 Å². The molecular weight excluding hydrogens is 240 g/mol. The molecule has 3 unspecified atom stereocenters. The summed E-state index contributed by atoms with van der Waals surface area (Å²) in [5, 5.41) is 11.6. The van der Waals surface area contributed by atoms with Gasteiger partial charge in [-0.25, -0.2) is 4.79 Å². The number of hydrogen-bond acceptors (Lipinski definition) is 2. The lowest BCUT2D eigenvalue weighted by atomic mass is 9.98. The van der Waals surface area contributed by atoms with Gasteiger partial charge in [0, 0.05) is 25.7 Å². The zero-order valence-corrected chi connectivity index (χ0v) is 11.0. The number of hydrogen-bond donors (Lipinski definition) is 2. The molecule has 3 rings (SSSR count). The fourth-order valence-electron chi connectivity index (χ4n) is 3.67. The lowest BCUT2D eigenvalue weighted by Gasteiger charge is -2.20. The Kier molecular flexibility index (Phi) is 3.42. The molecule has 4 nitrogen and oxygen atoms in total. The number of fused-ring (bicyclic) bond motifs is 1. The van der Waals surface area contributed by atoms with Gasteiger partial charge in [0.05, 0.1) is 0 Å². The SMILES string of the molecule is O=C(O)NC1CCC2CN(Cc3ccccc3)CC21. The van der Waals surface area contributed by atoms with E-state index in [9.17, 15) is 4.79 Å². The highest BCUT2D eigenvalue weighted by atomic mass is 16.4. The van der Waals surface area contributed by atoms with Crippen LogP contribution in [0.3, 0.4) is 0 Å². The standard InChI is InChI=1S/C15H20N2O2/c18-15(19)16-14-7-6-12-9-17(10-13(12)14)8-11-4-2-1-3-5-11/h1-5,12-14,16H,6-10H2,(H,18,19). The van der Waals surface area contributed by atoms with E-state index in [0.29, 0.717) is 11.8 Å². The van der Waals surface area contributed by atoms with E-state index in [1.54, 1.807) is 0 Å². The van der Waals surface area contributed by atoms with Crippen LogP contribution in [-0.4, -0.2) is 35.2 Å². The molecule has 1 heterocycles. The van der Waals surface area contributed by atoms with Crippen molar-refractivity contribution in [1.29, 1.82) is 0 Å². The number of carbonyl (C=O) groups is 1. The van der Waals surface area contributed by atoms with Crippen molar-refractivity contribution in [3.05, 3.63) is 35.9 Å². The van der Waals surface area contributed by atoms with E-state index in [1.165, 1.54) is 5.56 Å². The number of rotatable bonds is 3. The highest BCUT2D eigenvalue weighted by molar-refractivity contribution is 5.65. The summed E-state index contributed by atoms with van der Waals surface area (Å²) in [6.07, 6.45) is 1.27. The first-order valence-corrected chi connectivity index (χ1v) is 6.98. The van der Waals surface area contributed by atoms with Gasteiger partial charge < -0.3 is 10.4 Å². The molecule has 2 N–H and O–H groups in total. The molecule has 1 saturated carbocycles. The number of amides is 1. The van der Waals surface area contributed by atoms with Gasteiger partial charge in [0.1, 0.15) is 0 Å². The summed E-state index contributed by atoms with van der Waals surface area (Å²) >= 11 is 0. The molecule has 102 valence electrons. The molecule has 0 radical (unpaired) electrons. The van der Waals surface area contributed by atoms with Crippen molar-refractivity contribution < 1.29 is 9.90 Å². The minimum atomic E-state index is -0.882. The summed E-state index contributed by atoms with van der Waals surface area (Å²) in [7, 11) is 0. The molecule has 0 spiro atoms. The van der Waals surface area contributed by atoms with Gasteiger partial charge in [-0.15, -0.1) is 0 Å². The summed E-state index contributed by atoms with van der Waals surface area (Å²) < 4.78 is 0. The fraction of sp³-hybridized carbons (Fsp3) is 0.533. The number of nitrogens with one attached hydrogen (secondary N) is 1. The van der Waals surface area contributed by atoms with Crippen molar-refractivity contribution in [2.24, 2.45) is 11.8 Å². The van der Waals surface area contributed by atoms with Crippen LogP contribution in [-0.2, 0) is 6.54 Å². The molecule has 0 aromatic heterocycles. The van der Waals surface area contributed by atoms with E-state index in [4.69, 9.17) is 5.11 Å². The molecule has 2 aliphatic rings.